The Morgan fingerprint density at radius 3 is 2.74 bits per heavy atom. The van der Waals surface area contributed by atoms with Gasteiger partial charge >= 0.3 is 0 Å². The zero-order valence-electron chi connectivity index (χ0n) is 19.3. The number of rotatable bonds is 4. The Kier molecular flexibility index (Phi) is 5.08. The van der Waals surface area contributed by atoms with Gasteiger partial charge in [-0.3, -0.25) is 9.69 Å². The number of thioether (sulfide) groups is 1. The van der Waals surface area contributed by atoms with Crippen LogP contribution in [0.25, 0.3) is 0 Å². The van der Waals surface area contributed by atoms with Crippen molar-refractivity contribution in [3.63, 3.8) is 0 Å². The van der Waals surface area contributed by atoms with Crippen molar-refractivity contribution in [2.24, 2.45) is 0 Å². The standard InChI is InChI=1S/C26H26N6OS/c1-15-6-16(2)8-20(7-15)29-26-27-10-19-11-31(14-23(19)30-26)21-12-32(13-21)25(33)18-4-5-22-24(9-18)34-17(3)28-22/h4-10,21,28H,3,11-14H2,1-2H3,(H,27,29,30). The molecule has 8 heteroatoms. The molecular formula is C26H26N6OS. The van der Waals surface area contributed by atoms with Gasteiger partial charge in [-0.2, -0.15) is 0 Å². The lowest BCUT2D eigenvalue weighted by Gasteiger charge is -2.44. The Morgan fingerprint density at radius 2 is 1.94 bits per heavy atom. The van der Waals surface area contributed by atoms with Crippen LogP contribution in [0.2, 0.25) is 0 Å². The Hall–Kier alpha value is -3.36. The van der Waals surface area contributed by atoms with Gasteiger partial charge in [0.15, 0.2) is 0 Å². The zero-order chi connectivity index (χ0) is 23.4. The highest BCUT2D eigenvalue weighted by Crippen LogP contribution is 2.40. The average molecular weight is 471 g/mol. The second-order valence-electron chi connectivity index (χ2n) is 9.30. The fourth-order valence-corrected chi connectivity index (χ4v) is 5.70. The summed E-state index contributed by atoms with van der Waals surface area (Å²) in [5.74, 6) is 0.719. The number of fused-ring (bicyclic) bond motifs is 2. The van der Waals surface area contributed by atoms with Gasteiger partial charge in [0.1, 0.15) is 0 Å². The summed E-state index contributed by atoms with van der Waals surface area (Å²) in [4.78, 5) is 27.7. The molecule has 0 saturated carbocycles. The lowest BCUT2D eigenvalue weighted by molar-refractivity contribution is 0.0249. The molecule has 0 radical (unpaired) electrons. The molecular weight excluding hydrogens is 444 g/mol. The van der Waals surface area contributed by atoms with Gasteiger partial charge in [-0.25, -0.2) is 9.97 Å². The maximum atomic E-state index is 13.0. The number of likely N-dealkylation sites (tertiary alicyclic amines) is 1. The van der Waals surface area contributed by atoms with Gasteiger partial charge in [0, 0.05) is 60.1 Å². The summed E-state index contributed by atoms with van der Waals surface area (Å²) >= 11 is 1.57. The van der Waals surface area contributed by atoms with E-state index in [4.69, 9.17) is 4.98 Å². The summed E-state index contributed by atoms with van der Waals surface area (Å²) in [6.45, 7) is 11.2. The van der Waals surface area contributed by atoms with Crippen molar-refractivity contribution in [3.8, 4) is 0 Å². The van der Waals surface area contributed by atoms with Gasteiger partial charge < -0.3 is 15.5 Å². The summed E-state index contributed by atoms with van der Waals surface area (Å²) in [5.41, 5.74) is 7.41. The number of aromatic nitrogens is 2. The maximum absolute atomic E-state index is 13.0. The van der Waals surface area contributed by atoms with Crippen LogP contribution in [0.5, 0.6) is 0 Å². The van der Waals surface area contributed by atoms with E-state index >= 15 is 0 Å². The van der Waals surface area contributed by atoms with E-state index in [1.54, 1.807) is 11.8 Å². The molecule has 0 spiro atoms. The predicted octanol–water partition coefficient (Wildman–Crippen LogP) is 4.67. The summed E-state index contributed by atoms with van der Waals surface area (Å²) in [5, 5.41) is 7.46. The van der Waals surface area contributed by atoms with Gasteiger partial charge in [0.25, 0.3) is 5.91 Å². The van der Waals surface area contributed by atoms with Crippen molar-refractivity contribution >= 4 is 35.0 Å². The summed E-state index contributed by atoms with van der Waals surface area (Å²) < 4.78 is 0. The molecule has 7 nitrogen and oxygen atoms in total. The van der Waals surface area contributed by atoms with E-state index in [0.29, 0.717) is 12.0 Å². The maximum Gasteiger partial charge on any atom is 0.254 e. The SMILES string of the molecule is C=C1Nc2ccc(C(=O)N3CC(N4Cc5cnc(Nc6cc(C)cc(C)c6)nc5C4)C3)cc2S1. The number of aryl methyl sites for hydroxylation is 2. The second-order valence-corrected chi connectivity index (χ2v) is 10.4. The Balaban J connectivity index is 1.08. The van der Waals surface area contributed by atoms with Gasteiger partial charge in [-0.15, -0.1) is 0 Å². The fourth-order valence-electron chi connectivity index (χ4n) is 4.86. The molecule has 3 aliphatic heterocycles. The number of anilines is 3. The quantitative estimate of drug-likeness (QED) is 0.574. The Bertz CT molecular complexity index is 1310. The minimum Gasteiger partial charge on any atom is -0.350 e. The average Bonchev–Trinajstić information content (AvgIpc) is 3.33. The van der Waals surface area contributed by atoms with Crippen molar-refractivity contribution in [1.82, 2.24) is 19.8 Å². The molecule has 172 valence electrons. The number of nitrogens with zero attached hydrogens (tertiary/aromatic N) is 4. The Labute approximate surface area is 203 Å². The summed E-state index contributed by atoms with van der Waals surface area (Å²) in [6, 6.07) is 12.5. The molecule has 2 aromatic carbocycles. The molecule has 1 amide bonds. The normalized spacial score (nSPS) is 17.2. The van der Waals surface area contributed by atoms with E-state index < -0.39 is 0 Å². The minimum absolute atomic E-state index is 0.0913. The number of hydrogen-bond acceptors (Lipinski definition) is 7. The number of benzene rings is 2. The number of nitrogens with one attached hydrogen (secondary N) is 2. The first kappa shape index (κ1) is 21.2. The third kappa shape index (κ3) is 3.93. The van der Waals surface area contributed by atoms with Crippen molar-refractivity contribution in [3.05, 3.63) is 82.2 Å². The van der Waals surface area contributed by atoms with Crippen LogP contribution < -0.4 is 10.6 Å². The van der Waals surface area contributed by atoms with Crippen molar-refractivity contribution < 1.29 is 4.79 Å². The highest BCUT2D eigenvalue weighted by molar-refractivity contribution is 8.03. The van der Waals surface area contributed by atoms with Gasteiger partial charge in [0.2, 0.25) is 5.95 Å². The van der Waals surface area contributed by atoms with Crippen molar-refractivity contribution in [2.45, 2.75) is 37.9 Å². The van der Waals surface area contributed by atoms with E-state index in [1.807, 2.05) is 29.3 Å². The van der Waals surface area contributed by atoms with Crippen LogP contribution in [0.15, 0.2) is 59.1 Å². The van der Waals surface area contributed by atoms with Crippen molar-refractivity contribution in [1.29, 1.82) is 0 Å². The molecule has 0 unspecified atom stereocenters. The molecule has 0 bridgehead atoms. The lowest BCUT2D eigenvalue weighted by Crippen LogP contribution is -2.59. The monoisotopic (exact) mass is 470 g/mol. The number of amides is 1. The zero-order valence-corrected chi connectivity index (χ0v) is 20.1. The third-order valence-electron chi connectivity index (χ3n) is 6.56. The smallest absolute Gasteiger partial charge is 0.254 e. The number of carbonyl (C=O) groups is 1. The van der Waals surface area contributed by atoms with E-state index in [2.05, 4.69) is 59.1 Å². The first-order chi connectivity index (χ1) is 16.4. The highest BCUT2D eigenvalue weighted by atomic mass is 32.2. The van der Waals surface area contributed by atoms with Crippen LogP contribution in [0.4, 0.5) is 17.3 Å². The van der Waals surface area contributed by atoms with Crippen LogP contribution in [0.1, 0.15) is 32.7 Å². The van der Waals surface area contributed by atoms with Crippen LogP contribution in [-0.4, -0.2) is 44.8 Å². The molecule has 4 heterocycles. The van der Waals surface area contributed by atoms with E-state index in [-0.39, 0.29) is 5.91 Å². The molecule has 3 aromatic rings. The molecule has 3 aliphatic rings. The summed E-state index contributed by atoms with van der Waals surface area (Å²) in [6.07, 6.45) is 1.93. The lowest BCUT2D eigenvalue weighted by atomic mass is 10.0. The number of carbonyl (C=O) groups excluding carboxylic acids is 1. The number of hydrogen-bond donors (Lipinski definition) is 2. The molecule has 1 aromatic heterocycles. The van der Waals surface area contributed by atoms with Crippen LogP contribution in [-0.2, 0) is 13.1 Å². The first-order valence-corrected chi connectivity index (χ1v) is 12.2. The highest BCUT2D eigenvalue weighted by Gasteiger charge is 2.38. The van der Waals surface area contributed by atoms with Crippen molar-refractivity contribution in [2.75, 3.05) is 23.7 Å². The molecule has 34 heavy (non-hydrogen) atoms. The second kappa shape index (κ2) is 8.14. The van der Waals surface area contributed by atoms with E-state index in [1.165, 1.54) is 16.7 Å². The molecule has 0 atom stereocenters. The molecule has 0 aliphatic carbocycles. The molecule has 1 saturated heterocycles. The van der Waals surface area contributed by atoms with Crippen LogP contribution in [0, 0.1) is 13.8 Å². The molecule has 2 N–H and O–H groups in total. The van der Waals surface area contributed by atoms with E-state index in [0.717, 1.165) is 58.7 Å². The van der Waals surface area contributed by atoms with Crippen LogP contribution in [0.3, 0.4) is 0 Å². The minimum atomic E-state index is 0.0913. The molecule has 1 fully saturated rings. The van der Waals surface area contributed by atoms with E-state index in [9.17, 15) is 4.79 Å². The fraction of sp³-hybridized carbons (Fsp3) is 0.269. The molecule has 6 rings (SSSR count). The first-order valence-electron chi connectivity index (χ1n) is 11.4. The predicted molar refractivity (Wildman–Crippen MR) is 135 cm³/mol. The Morgan fingerprint density at radius 1 is 1.15 bits per heavy atom. The van der Waals surface area contributed by atoms with Gasteiger partial charge in [0.05, 0.1) is 16.4 Å². The van der Waals surface area contributed by atoms with Gasteiger partial charge in [-0.1, -0.05) is 24.4 Å². The third-order valence-corrected chi connectivity index (χ3v) is 7.47. The topological polar surface area (TPSA) is 73.4 Å². The largest absolute Gasteiger partial charge is 0.350 e. The summed E-state index contributed by atoms with van der Waals surface area (Å²) in [7, 11) is 0. The van der Waals surface area contributed by atoms with Gasteiger partial charge in [-0.05, 0) is 55.3 Å². The van der Waals surface area contributed by atoms with Crippen LogP contribution >= 0.6 is 11.8 Å².